The molecule has 1 aromatic carbocycles. The van der Waals surface area contributed by atoms with Crippen LogP contribution in [0.4, 0.5) is 0 Å². The van der Waals surface area contributed by atoms with Crippen LogP contribution < -0.4 is 0 Å². The molecule has 5 nitrogen and oxygen atoms in total. The lowest BCUT2D eigenvalue weighted by Crippen LogP contribution is -2.50. The summed E-state index contributed by atoms with van der Waals surface area (Å²) in [7, 11) is 0. The van der Waals surface area contributed by atoms with E-state index in [1.54, 1.807) is 0 Å². The van der Waals surface area contributed by atoms with Crippen LogP contribution in [-0.2, 0) is 16.1 Å². The Kier molecular flexibility index (Phi) is 5.56. The van der Waals surface area contributed by atoms with E-state index >= 15 is 0 Å². The van der Waals surface area contributed by atoms with Crippen molar-refractivity contribution in [3.63, 3.8) is 0 Å². The van der Waals surface area contributed by atoms with Gasteiger partial charge in [-0.15, -0.1) is 0 Å². The summed E-state index contributed by atoms with van der Waals surface area (Å²) in [6, 6.07) is 7.97. The lowest BCUT2D eigenvalue weighted by molar-refractivity contribution is -0.137. The van der Waals surface area contributed by atoms with Gasteiger partial charge in [0.2, 0.25) is 11.8 Å². The maximum Gasteiger partial charge on any atom is 0.228 e. The third kappa shape index (κ3) is 3.98. The van der Waals surface area contributed by atoms with Gasteiger partial charge in [0.1, 0.15) is 0 Å². The Morgan fingerprint density at radius 3 is 2.67 bits per heavy atom. The van der Waals surface area contributed by atoms with E-state index in [4.69, 9.17) is 0 Å². The maximum absolute atomic E-state index is 12.7. The standard InChI is InChI=1S/C18H24BrN3O2/c1-2-20-6-8-21(9-7-20)18(24)15-11-17(23)22(13-15)12-14-4-3-5-16(19)10-14/h3-5,10,15H,2,6-9,11-13H2,1H3/t15-/m1/s1. The van der Waals surface area contributed by atoms with E-state index in [-0.39, 0.29) is 17.7 Å². The zero-order valence-electron chi connectivity index (χ0n) is 14.1. The fourth-order valence-corrected chi connectivity index (χ4v) is 3.94. The average Bonchev–Trinajstić information content (AvgIpc) is 2.95. The molecule has 1 aromatic rings. The number of piperazine rings is 1. The first-order chi connectivity index (χ1) is 11.6. The number of benzene rings is 1. The van der Waals surface area contributed by atoms with Crippen molar-refractivity contribution >= 4 is 27.7 Å². The zero-order chi connectivity index (χ0) is 17.1. The van der Waals surface area contributed by atoms with Crippen LogP contribution in [-0.4, -0.2) is 65.8 Å². The second-order valence-corrected chi connectivity index (χ2v) is 7.48. The van der Waals surface area contributed by atoms with E-state index < -0.39 is 0 Å². The van der Waals surface area contributed by atoms with Crippen LogP contribution in [0.15, 0.2) is 28.7 Å². The van der Waals surface area contributed by atoms with Gasteiger partial charge in [-0.2, -0.15) is 0 Å². The summed E-state index contributed by atoms with van der Waals surface area (Å²) in [6.07, 6.45) is 0.348. The third-order valence-electron chi connectivity index (χ3n) is 4.96. The number of likely N-dealkylation sites (tertiary alicyclic amines) is 1. The number of hydrogen-bond acceptors (Lipinski definition) is 3. The predicted octanol–water partition coefficient (Wildman–Crippen LogP) is 1.96. The molecule has 3 rings (SSSR count). The molecule has 130 valence electrons. The topological polar surface area (TPSA) is 43.9 Å². The molecule has 2 aliphatic heterocycles. The number of carbonyl (C=O) groups is 2. The maximum atomic E-state index is 12.7. The van der Waals surface area contributed by atoms with Gasteiger partial charge < -0.3 is 14.7 Å². The van der Waals surface area contributed by atoms with Crippen LogP contribution in [0.3, 0.4) is 0 Å². The van der Waals surface area contributed by atoms with E-state index in [2.05, 4.69) is 27.8 Å². The molecular formula is C18H24BrN3O2. The van der Waals surface area contributed by atoms with Crippen molar-refractivity contribution in [3.05, 3.63) is 34.3 Å². The van der Waals surface area contributed by atoms with E-state index in [0.29, 0.717) is 19.5 Å². The minimum atomic E-state index is -0.183. The Morgan fingerprint density at radius 1 is 1.25 bits per heavy atom. The number of rotatable bonds is 4. The van der Waals surface area contributed by atoms with Gasteiger partial charge in [-0.25, -0.2) is 0 Å². The monoisotopic (exact) mass is 393 g/mol. The van der Waals surface area contributed by atoms with Crippen LogP contribution in [0.25, 0.3) is 0 Å². The van der Waals surface area contributed by atoms with Gasteiger partial charge in [0.05, 0.1) is 5.92 Å². The fourth-order valence-electron chi connectivity index (χ4n) is 3.49. The molecule has 2 saturated heterocycles. The summed E-state index contributed by atoms with van der Waals surface area (Å²) in [5.74, 6) is 0.0502. The number of hydrogen-bond donors (Lipinski definition) is 0. The Hall–Kier alpha value is -1.40. The molecule has 2 fully saturated rings. The predicted molar refractivity (Wildman–Crippen MR) is 96.4 cm³/mol. The highest BCUT2D eigenvalue weighted by molar-refractivity contribution is 9.10. The SMILES string of the molecule is CCN1CCN(C(=O)[C@@H]2CC(=O)N(Cc3cccc(Br)c3)C2)CC1. The second kappa shape index (κ2) is 7.66. The molecule has 1 atom stereocenters. The molecule has 6 heteroatoms. The summed E-state index contributed by atoms with van der Waals surface area (Å²) in [6.45, 7) is 7.72. The molecule has 2 heterocycles. The van der Waals surface area contributed by atoms with Crippen molar-refractivity contribution in [1.82, 2.24) is 14.7 Å². The third-order valence-corrected chi connectivity index (χ3v) is 5.45. The molecule has 0 aromatic heterocycles. The van der Waals surface area contributed by atoms with Crippen LogP contribution in [0.5, 0.6) is 0 Å². The van der Waals surface area contributed by atoms with E-state index in [1.807, 2.05) is 34.1 Å². The lowest BCUT2D eigenvalue weighted by Gasteiger charge is -2.35. The minimum Gasteiger partial charge on any atom is -0.340 e. The summed E-state index contributed by atoms with van der Waals surface area (Å²) >= 11 is 3.46. The molecule has 2 aliphatic rings. The first kappa shape index (κ1) is 17.4. The average molecular weight is 394 g/mol. The highest BCUT2D eigenvalue weighted by Gasteiger charge is 2.37. The molecule has 2 amide bonds. The number of carbonyl (C=O) groups excluding carboxylic acids is 2. The summed E-state index contributed by atoms with van der Waals surface area (Å²) < 4.78 is 1.01. The quantitative estimate of drug-likeness (QED) is 0.785. The normalized spacial score (nSPS) is 22.2. The van der Waals surface area contributed by atoms with Gasteiger partial charge in [-0.05, 0) is 24.2 Å². The molecule has 24 heavy (non-hydrogen) atoms. The molecular weight excluding hydrogens is 370 g/mol. The molecule has 0 bridgehead atoms. The largest absolute Gasteiger partial charge is 0.340 e. The first-order valence-corrected chi connectivity index (χ1v) is 9.39. The van der Waals surface area contributed by atoms with Gasteiger partial charge in [-0.3, -0.25) is 9.59 Å². The van der Waals surface area contributed by atoms with Crippen molar-refractivity contribution in [3.8, 4) is 0 Å². The molecule has 0 spiro atoms. The van der Waals surface area contributed by atoms with E-state index in [1.165, 1.54) is 0 Å². The fraction of sp³-hybridized carbons (Fsp3) is 0.556. The van der Waals surface area contributed by atoms with Crippen molar-refractivity contribution < 1.29 is 9.59 Å². The summed E-state index contributed by atoms with van der Waals surface area (Å²) in [5.41, 5.74) is 1.09. The molecule has 0 N–H and O–H groups in total. The molecule has 0 radical (unpaired) electrons. The first-order valence-electron chi connectivity index (χ1n) is 8.60. The molecule has 0 saturated carbocycles. The Bertz CT molecular complexity index is 614. The van der Waals surface area contributed by atoms with E-state index in [0.717, 1.165) is 42.8 Å². The van der Waals surface area contributed by atoms with Crippen molar-refractivity contribution in [1.29, 1.82) is 0 Å². The van der Waals surface area contributed by atoms with Gasteiger partial charge in [0, 0.05) is 50.2 Å². The smallest absolute Gasteiger partial charge is 0.228 e. The van der Waals surface area contributed by atoms with Crippen LogP contribution >= 0.6 is 15.9 Å². The zero-order valence-corrected chi connectivity index (χ0v) is 15.7. The van der Waals surface area contributed by atoms with Crippen molar-refractivity contribution in [2.45, 2.75) is 19.9 Å². The Morgan fingerprint density at radius 2 is 2.00 bits per heavy atom. The Labute approximate surface area is 151 Å². The number of likely N-dealkylation sites (N-methyl/N-ethyl adjacent to an activating group) is 1. The highest BCUT2D eigenvalue weighted by atomic mass is 79.9. The van der Waals surface area contributed by atoms with Crippen LogP contribution in [0.1, 0.15) is 18.9 Å². The Balaban J connectivity index is 1.57. The van der Waals surface area contributed by atoms with Gasteiger partial charge in [0.15, 0.2) is 0 Å². The van der Waals surface area contributed by atoms with Gasteiger partial charge >= 0.3 is 0 Å². The van der Waals surface area contributed by atoms with Crippen molar-refractivity contribution in [2.75, 3.05) is 39.3 Å². The van der Waals surface area contributed by atoms with Crippen LogP contribution in [0, 0.1) is 5.92 Å². The van der Waals surface area contributed by atoms with Gasteiger partial charge in [0.25, 0.3) is 0 Å². The van der Waals surface area contributed by atoms with E-state index in [9.17, 15) is 9.59 Å². The number of nitrogens with zero attached hydrogens (tertiary/aromatic N) is 3. The van der Waals surface area contributed by atoms with Crippen LogP contribution in [0.2, 0.25) is 0 Å². The molecule has 0 aliphatic carbocycles. The number of halogens is 1. The minimum absolute atomic E-state index is 0.0838. The second-order valence-electron chi connectivity index (χ2n) is 6.56. The van der Waals surface area contributed by atoms with Gasteiger partial charge in [-0.1, -0.05) is 35.0 Å². The summed E-state index contributed by atoms with van der Waals surface area (Å²) in [4.78, 5) is 31.1. The molecule has 0 unspecified atom stereocenters. The highest BCUT2D eigenvalue weighted by Crippen LogP contribution is 2.23. The lowest BCUT2D eigenvalue weighted by atomic mass is 10.1. The summed E-state index contributed by atoms with van der Waals surface area (Å²) in [5, 5.41) is 0. The van der Waals surface area contributed by atoms with Crippen molar-refractivity contribution in [2.24, 2.45) is 5.92 Å². The number of amides is 2.